The summed E-state index contributed by atoms with van der Waals surface area (Å²) in [5.41, 5.74) is 2.50. The van der Waals surface area contributed by atoms with Gasteiger partial charge >= 0.3 is 0 Å². The largest absolute Gasteiger partial charge is 0.396 e. The fraction of sp³-hybridized carbons (Fsp3) is 0.800. The Bertz CT molecular complexity index is 456. The molecule has 2 fully saturated rings. The van der Waals surface area contributed by atoms with E-state index in [4.69, 9.17) is 5.11 Å². The van der Waals surface area contributed by atoms with Crippen LogP contribution in [0.5, 0.6) is 0 Å². The fourth-order valence-corrected chi connectivity index (χ4v) is 5.51. The molecule has 0 aromatic rings. The Labute approximate surface area is 141 Å². The third-order valence-electron chi connectivity index (χ3n) is 6.84. The smallest absolute Gasteiger partial charge is 0.0642 e. The van der Waals surface area contributed by atoms with E-state index < -0.39 is 0 Å². The molecule has 2 aliphatic rings. The van der Waals surface area contributed by atoms with Gasteiger partial charge in [0.05, 0.1) is 13.2 Å². The molecular weight excluding hydrogens is 288 g/mol. The standard InChI is InChI=1S/C20H34O3/c1-15-5-8-18-19(2,14-23)10-4-11-20(18,3)17(15)7-6-16(13-22)9-12-21/h9,17-18,21-23H,1,4-8,10-14H2,2-3H3/b16-9-/t17-,18+,19+,20+/m1/s1. The number of fused-ring (bicyclic) bond motifs is 1. The molecule has 2 aliphatic carbocycles. The van der Waals surface area contributed by atoms with E-state index in [0.717, 1.165) is 37.7 Å². The zero-order chi connectivity index (χ0) is 17.1. The minimum absolute atomic E-state index is 0.00994. The normalized spacial score (nSPS) is 38.5. The second-order valence-electron chi connectivity index (χ2n) is 8.22. The van der Waals surface area contributed by atoms with E-state index in [-0.39, 0.29) is 30.7 Å². The maximum absolute atomic E-state index is 9.99. The summed E-state index contributed by atoms with van der Waals surface area (Å²) in [4.78, 5) is 0. The fourth-order valence-electron chi connectivity index (χ4n) is 5.51. The first-order chi connectivity index (χ1) is 10.9. The van der Waals surface area contributed by atoms with Gasteiger partial charge in [-0.1, -0.05) is 38.5 Å². The Morgan fingerprint density at radius 1 is 1.26 bits per heavy atom. The van der Waals surface area contributed by atoms with E-state index in [0.29, 0.717) is 11.8 Å². The minimum atomic E-state index is -0.00994. The van der Waals surface area contributed by atoms with Gasteiger partial charge in [-0.3, -0.25) is 0 Å². The summed E-state index contributed by atoms with van der Waals surface area (Å²) in [6.45, 7) is 9.30. The van der Waals surface area contributed by atoms with Gasteiger partial charge < -0.3 is 15.3 Å². The Hall–Kier alpha value is -0.640. The number of rotatable bonds is 6. The van der Waals surface area contributed by atoms with Gasteiger partial charge in [-0.25, -0.2) is 0 Å². The van der Waals surface area contributed by atoms with Crippen LogP contribution >= 0.6 is 0 Å². The van der Waals surface area contributed by atoms with Crippen molar-refractivity contribution in [3.05, 3.63) is 23.8 Å². The first-order valence-electron chi connectivity index (χ1n) is 9.09. The van der Waals surface area contributed by atoms with Crippen LogP contribution in [0.25, 0.3) is 0 Å². The summed E-state index contributed by atoms with van der Waals surface area (Å²) in [5.74, 6) is 0.990. The quantitative estimate of drug-likeness (QED) is 0.656. The van der Waals surface area contributed by atoms with Crippen molar-refractivity contribution in [3.8, 4) is 0 Å². The molecule has 0 radical (unpaired) electrons. The topological polar surface area (TPSA) is 60.7 Å². The SMILES string of the molecule is C=C1CC[C@H]2[C@](C)(CO)CCC[C@@]2(C)[C@@H]1CC/C(=C/CO)CO. The lowest BCUT2D eigenvalue weighted by atomic mass is 9.47. The molecule has 0 amide bonds. The molecule has 4 atom stereocenters. The first kappa shape index (κ1) is 18.7. The second kappa shape index (κ2) is 7.50. The molecule has 0 aliphatic heterocycles. The van der Waals surface area contributed by atoms with E-state index in [1.807, 2.05) is 0 Å². The van der Waals surface area contributed by atoms with Crippen molar-refractivity contribution in [3.63, 3.8) is 0 Å². The molecule has 132 valence electrons. The highest BCUT2D eigenvalue weighted by Gasteiger charge is 2.53. The molecule has 0 bridgehead atoms. The minimum Gasteiger partial charge on any atom is -0.396 e. The number of hydrogen-bond acceptors (Lipinski definition) is 3. The number of aliphatic hydroxyl groups excluding tert-OH is 3. The van der Waals surface area contributed by atoms with Gasteiger partial charge in [0.15, 0.2) is 0 Å². The summed E-state index contributed by atoms with van der Waals surface area (Å²) < 4.78 is 0. The van der Waals surface area contributed by atoms with Crippen molar-refractivity contribution < 1.29 is 15.3 Å². The molecule has 0 heterocycles. The predicted molar refractivity (Wildman–Crippen MR) is 94.0 cm³/mol. The van der Waals surface area contributed by atoms with Gasteiger partial charge in [-0.2, -0.15) is 0 Å². The Kier molecular flexibility index (Phi) is 6.10. The summed E-state index contributed by atoms with van der Waals surface area (Å²) in [6.07, 6.45) is 9.22. The highest BCUT2D eigenvalue weighted by atomic mass is 16.3. The highest BCUT2D eigenvalue weighted by Crippen LogP contribution is 2.61. The molecule has 2 saturated carbocycles. The zero-order valence-electron chi connectivity index (χ0n) is 14.9. The first-order valence-corrected chi connectivity index (χ1v) is 9.09. The van der Waals surface area contributed by atoms with Gasteiger partial charge in [-0.05, 0) is 66.8 Å². The molecule has 3 heteroatoms. The van der Waals surface area contributed by atoms with Crippen LogP contribution in [0.15, 0.2) is 23.8 Å². The van der Waals surface area contributed by atoms with Crippen LogP contribution in [0, 0.1) is 22.7 Å². The van der Waals surface area contributed by atoms with Crippen molar-refractivity contribution in [1.29, 1.82) is 0 Å². The lowest BCUT2D eigenvalue weighted by molar-refractivity contribution is -0.0859. The predicted octanol–water partition coefficient (Wildman–Crippen LogP) is 3.45. The monoisotopic (exact) mass is 322 g/mol. The van der Waals surface area contributed by atoms with E-state index in [1.165, 1.54) is 18.4 Å². The van der Waals surface area contributed by atoms with Gasteiger partial charge in [0, 0.05) is 6.61 Å². The molecule has 0 saturated heterocycles. The van der Waals surface area contributed by atoms with Crippen LogP contribution in [0.3, 0.4) is 0 Å². The molecular formula is C20H34O3. The van der Waals surface area contributed by atoms with Gasteiger partial charge in [0.25, 0.3) is 0 Å². The molecule has 23 heavy (non-hydrogen) atoms. The van der Waals surface area contributed by atoms with Crippen LogP contribution in [-0.4, -0.2) is 35.1 Å². The summed E-state index contributed by atoms with van der Waals surface area (Å²) in [5, 5.41) is 28.5. The second-order valence-corrected chi connectivity index (χ2v) is 8.22. The third-order valence-corrected chi connectivity index (χ3v) is 6.84. The number of hydrogen-bond donors (Lipinski definition) is 3. The van der Waals surface area contributed by atoms with E-state index in [9.17, 15) is 10.2 Å². The van der Waals surface area contributed by atoms with Crippen molar-refractivity contribution in [2.24, 2.45) is 22.7 Å². The molecule has 0 unspecified atom stereocenters. The molecule has 3 N–H and O–H groups in total. The third kappa shape index (κ3) is 3.57. The molecule has 0 aromatic carbocycles. The average molecular weight is 322 g/mol. The van der Waals surface area contributed by atoms with Gasteiger partial charge in [0.1, 0.15) is 0 Å². The Morgan fingerprint density at radius 2 is 2.00 bits per heavy atom. The van der Waals surface area contributed by atoms with Gasteiger partial charge in [-0.15, -0.1) is 0 Å². The lowest BCUT2D eigenvalue weighted by Crippen LogP contribution is -2.51. The van der Waals surface area contributed by atoms with Gasteiger partial charge in [0.2, 0.25) is 0 Å². The van der Waals surface area contributed by atoms with Crippen molar-refractivity contribution in [2.75, 3.05) is 19.8 Å². The van der Waals surface area contributed by atoms with Crippen LogP contribution < -0.4 is 0 Å². The zero-order valence-corrected chi connectivity index (χ0v) is 14.9. The maximum atomic E-state index is 9.99. The highest BCUT2D eigenvalue weighted by molar-refractivity contribution is 5.17. The number of aliphatic hydroxyl groups is 3. The summed E-state index contributed by atoms with van der Waals surface area (Å²) in [7, 11) is 0. The van der Waals surface area contributed by atoms with Crippen LogP contribution in [0.2, 0.25) is 0 Å². The van der Waals surface area contributed by atoms with E-state index >= 15 is 0 Å². The molecule has 0 spiro atoms. The van der Waals surface area contributed by atoms with E-state index in [1.54, 1.807) is 6.08 Å². The summed E-state index contributed by atoms with van der Waals surface area (Å²) in [6, 6.07) is 0. The van der Waals surface area contributed by atoms with Crippen molar-refractivity contribution in [2.45, 2.75) is 58.8 Å². The summed E-state index contributed by atoms with van der Waals surface area (Å²) >= 11 is 0. The van der Waals surface area contributed by atoms with Crippen LogP contribution in [0.4, 0.5) is 0 Å². The Morgan fingerprint density at radius 3 is 2.61 bits per heavy atom. The molecule has 3 nitrogen and oxygen atoms in total. The Balaban J connectivity index is 2.20. The maximum Gasteiger partial charge on any atom is 0.0642 e. The molecule has 2 rings (SSSR count). The van der Waals surface area contributed by atoms with Crippen LogP contribution in [0.1, 0.15) is 58.8 Å². The number of allylic oxidation sites excluding steroid dienone is 1. The van der Waals surface area contributed by atoms with Crippen LogP contribution in [-0.2, 0) is 0 Å². The average Bonchev–Trinajstić information content (AvgIpc) is 2.52. The van der Waals surface area contributed by atoms with E-state index in [2.05, 4.69) is 20.4 Å². The molecule has 0 aromatic heterocycles. The van der Waals surface area contributed by atoms with Crippen molar-refractivity contribution >= 4 is 0 Å². The van der Waals surface area contributed by atoms with Crippen molar-refractivity contribution in [1.82, 2.24) is 0 Å². The lowest BCUT2D eigenvalue weighted by Gasteiger charge is -2.58.